The van der Waals surface area contributed by atoms with Gasteiger partial charge in [-0.05, 0) is 25.1 Å². The number of nitrogens with two attached hydrogens (primary N) is 1. The Morgan fingerprint density at radius 2 is 2.37 bits per heavy atom. The molecule has 19 heavy (non-hydrogen) atoms. The topological polar surface area (TPSA) is 68.0 Å². The molecule has 0 spiro atoms. The molecule has 2 heterocycles. The zero-order chi connectivity index (χ0) is 13.7. The first-order valence-corrected chi connectivity index (χ1v) is 6.58. The summed E-state index contributed by atoms with van der Waals surface area (Å²) >= 11 is 1.43. The Morgan fingerprint density at radius 3 is 3.11 bits per heavy atom. The Kier molecular flexibility index (Phi) is 4.29. The van der Waals surface area contributed by atoms with Crippen molar-refractivity contribution in [3.05, 3.63) is 45.9 Å². The van der Waals surface area contributed by atoms with Crippen molar-refractivity contribution < 1.29 is 4.79 Å². The molecule has 5 heteroatoms. The molecule has 0 atom stereocenters. The average molecular weight is 271 g/mol. The van der Waals surface area contributed by atoms with E-state index in [1.54, 1.807) is 23.7 Å². The highest BCUT2D eigenvalue weighted by Crippen LogP contribution is 2.16. The number of carbonyl (C=O) groups is 1. The number of hydrogen-bond donors (Lipinski definition) is 2. The summed E-state index contributed by atoms with van der Waals surface area (Å²) in [4.78, 5) is 16.9. The van der Waals surface area contributed by atoms with E-state index in [9.17, 15) is 4.79 Å². The van der Waals surface area contributed by atoms with Crippen LogP contribution in [0.4, 0.5) is 5.69 Å². The smallest absolute Gasteiger partial charge is 0.256 e. The number of pyridine rings is 1. The summed E-state index contributed by atoms with van der Waals surface area (Å²) in [6.45, 7) is 2.19. The molecule has 0 aliphatic heterocycles. The van der Waals surface area contributed by atoms with Crippen molar-refractivity contribution in [1.29, 1.82) is 0 Å². The summed E-state index contributed by atoms with van der Waals surface area (Å²) in [5.41, 5.74) is 7.50. The third-order valence-corrected chi connectivity index (χ3v) is 3.18. The molecular weight excluding hydrogens is 258 g/mol. The quantitative estimate of drug-likeness (QED) is 0.821. The standard InChI is InChI=1S/C14H13N3OS/c1-10-7-12(4-6-16-10)17-14(18)11-8-13(19-9-11)3-2-5-15/h4,6-9H,5,15H2,1H3,(H,16,17,18). The maximum absolute atomic E-state index is 12.0. The van der Waals surface area contributed by atoms with Gasteiger partial charge in [0.1, 0.15) is 0 Å². The van der Waals surface area contributed by atoms with E-state index in [1.165, 1.54) is 11.3 Å². The minimum atomic E-state index is -0.150. The lowest BCUT2D eigenvalue weighted by Gasteiger charge is -2.03. The van der Waals surface area contributed by atoms with Crippen LogP contribution in [0.15, 0.2) is 29.8 Å². The Bertz CT molecular complexity index is 652. The number of thiophene rings is 1. The van der Waals surface area contributed by atoms with Gasteiger partial charge in [0.05, 0.1) is 17.0 Å². The maximum Gasteiger partial charge on any atom is 0.256 e. The molecule has 96 valence electrons. The van der Waals surface area contributed by atoms with Crippen LogP contribution in [-0.2, 0) is 0 Å². The summed E-state index contributed by atoms with van der Waals surface area (Å²) in [5, 5.41) is 4.60. The van der Waals surface area contributed by atoms with Crippen LogP contribution < -0.4 is 11.1 Å². The van der Waals surface area contributed by atoms with Crippen LogP contribution in [0.5, 0.6) is 0 Å². The van der Waals surface area contributed by atoms with Crippen molar-refractivity contribution >= 4 is 22.9 Å². The number of carbonyl (C=O) groups excluding carboxylic acids is 1. The van der Waals surface area contributed by atoms with Gasteiger partial charge in [0.2, 0.25) is 0 Å². The van der Waals surface area contributed by atoms with E-state index in [4.69, 9.17) is 5.73 Å². The predicted molar refractivity (Wildman–Crippen MR) is 77.2 cm³/mol. The molecule has 0 saturated heterocycles. The summed E-state index contributed by atoms with van der Waals surface area (Å²) < 4.78 is 0. The van der Waals surface area contributed by atoms with Crippen LogP contribution in [0.1, 0.15) is 20.9 Å². The lowest BCUT2D eigenvalue weighted by atomic mass is 10.2. The van der Waals surface area contributed by atoms with Crippen LogP contribution in [-0.4, -0.2) is 17.4 Å². The molecule has 1 amide bonds. The maximum atomic E-state index is 12.0. The van der Waals surface area contributed by atoms with Crippen LogP contribution in [0, 0.1) is 18.8 Å². The van der Waals surface area contributed by atoms with Crippen molar-refractivity contribution in [2.24, 2.45) is 5.73 Å². The summed E-state index contributed by atoms with van der Waals surface area (Å²) in [7, 11) is 0. The molecule has 0 aliphatic carbocycles. The molecule has 3 N–H and O–H groups in total. The molecule has 2 rings (SSSR count). The molecule has 0 saturated carbocycles. The van der Waals surface area contributed by atoms with Crippen LogP contribution in [0.25, 0.3) is 0 Å². The van der Waals surface area contributed by atoms with Gasteiger partial charge in [-0.1, -0.05) is 11.8 Å². The van der Waals surface area contributed by atoms with Gasteiger partial charge >= 0.3 is 0 Å². The second-order valence-electron chi connectivity index (χ2n) is 3.85. The molecular formula is C14H13N3OS. The Labute approximate surface area is 115 Å². The molecule has 2 aromatic heterocycles. The number of aromatic nitrogens is 1. The number of aryl methyl sites for hydroxylation is 1. The number of hydrogen-bond acceptors (Lipinski definition) is 4. The third kappa shape index (κ3) is 3.65. The van der Waals surface area contributed by atoms with Crippen molar-refractivity contribution in [3.8, 4) is 11.8 Å². The average Bonchev–Trinajstić information content (AvgIpc) is 2.85. The predicted octanol–water partition coefficient (Wildman–Crippen LogP) is 2.01. The van der Waals surface area contributed by atoms with E-state index in [0.717, 1.165) is 16.3 Å². The van der Waals surface area contributed by atoms with E-state index >= 15 is 0 Å². The SMILES string of the molecule is Cc1cc(NC(=O)c2csc(C#CCN)c2)ccn1. The van der Waals surface area contributed by atoms with Crippen molar-refractivity contribution in [1.82, 2.24) is 4.98 Å². The van der Waals surface area contributed by atoms with E-state index < -0.39 is 0 Å². The zero-order valence-electron chi connectivity index (χ0n) is 10.4. The molecule has 2 aromatic rings. The van der Waals surface area contributed by atoms with E-state index in [2.05, 4.69) is 22.1 Å². The number of amides is 1. The number of nitrogens with one attached hydrogen (secondary N) is 1. The van der Waals surface area contributed by atoms with Gasteiger partial charge in [-0.3, -0.25) is 9.78 Å². The highest BCUT2D eigenvalue weighted by molar-refractivity contribution is 7.10. The van der Waals surface area contributed by atoms with E-state index in [-0.39, 0.29) is 5.91 Å². The van der Waals surface area contributed by atoms with Gasteiger partial charge in [0.15, 0.2) is 0 Å². The highest BCUT2D eigenvalue weighted by atomic mass is 32.1. The minimum Gasteiger partial charge on any atom is -0.322 e. The Hall–Kier alpha value is -2.16. The molecule has 0 unspecified atom stereocenters. The normalized spacial score (nSPS) is 9.58. The fourth-order valence-electron chi connectivity index (χ4n) is 1.49. The van der Waals surface area contributed by atoms with Crippen LogP contribution in [0.2, 0.25) is 0 Å². The molecule has 4 nitrogen and oxygen atoms in total. The van der Waals surface area contributed by atoms with Gasteiger partial charge in [0.25, 0.3) is 5.91 Å². The summed E-state index contributed by atoms with van der Waals surface area (Å²) in [6, 6.07) is 5.34. The zero-order valence-corrected chi connectivity index (χ0v) is 11.3. The second kappa shape index (κ2) is 6.14. The number of rotatable bonds is 2. The van der Waals surface area contributed by atoms with Crippen molar-refractivity contribution in [2.75, 3.05) is 11.9 Å². The van der Waals surface area contributed by atoms with Gasteiger partial charge in [0, 0.05) is 23.0 Å². The third-order valence-electron chi connectivity index (χ3n) is 2.33. The Balaban J connectivity index is 2.10. The molecule has 0 bridgehead atoms. The van der Waals surface area contributed by atoms with Gasteiger partial charge in [-0.25, -0.2) is 0 Å². The first kappa shape index (κ1) is 13.3. The van der Waals surface area contributed by atoms with E-state index in [1.807, 2.05) is 13.0 Å². The lowest BCUT2D eigenvalue weighted by Crippen LogP contribution is -2.10. The molecule has 0 fully saturated rings. The lowest BCUT2D eigenvalue weighted by molar-refractivity contribution is 0.102. The van der Waals surface area contributed by atoms with Gasteiger partial charge in [-0.2, -0.15) is 0 Å². The first-order valence-electron chi connectivity index (χ1n) is 5.70. The van der Waals surface area contributed by atoms with Crippen molar-refractivity contribution in [2.45, 2.75) is 6.92 Å². The fourth-order valence-corrected chi connectivity index (χ4v) is 2.24. The highest BCUT2D eigenvalue weighted by Gasteiger charge is 2.08. The second-order valence-corrected chi connectivity index (χ2v) is 4.76. The first-order chi connectivity index (χ1) is 9.19. The molecule has 0 aromatic carbocycles. The molecule has 0 aliphatic rings. The van der Waals surface area contributed by atoms with Gasteiger partial charge in [-0.15, -0.1) is 11.3 Å². The number of nitrogens with zero attached hydrogens (tertiary/aromatic N) is 1. The van der Waals surface area contributed by atoms with Gasteiger partial charge < -0.3 is 11.1 Å². The van der Waals surface area contributed by atoms with E-state index in [0.29, 0.717) is 12.1 Å². The van der Waals surface area contributed by atoms with Crippen LogP contribution >= 0.6 is 11.3 Å². The van der Waals surface area contributed by atoms with Crippen LogP contribution in [0.3, 0.4) is 0 Å². The largest absolute Gasteiger partial charge is 0.322 e. The Morgan fingerprint density at radius 1 is 1.53 bits per heavy atom. The number of anilines is 1. The fraction of sp³-hybridized carbons (Fsp3) is 0.143. The minimum absolute atomic E-state index is 0.150. The summed E-state index contributed by atoms with van der Waals surface area (Å²) in [5.74, 6) is 5.52. The monoisotopic (exact) mass is 271 g/mol. The van der Waals surface area contributed by atoms with Crippen molar-refractivity contribution in [3.63, 3.8) is 0 Å². The molecule has 0 radical (unpaired) electrons. The summed E-state index contributed by atoms with van der Waals surface area (Å²) in [6.07, 6.45) is 1.66.